The Morgan fingerprint density at radius 3 is 2.26 bits per heavy atom. The summed E-state index contributed by atoms with van der Waals surface area (Å²) in [4.78, 5) is 4.52. The van der Waals surface area contributed by atoms with Gasteiger partial charge in [0.05, 0.1) is 18.1 Å². The van der Waals surface area contributed by atoms with Gasteiger partial charge in [-0.3, -0.25) is 4.99 Å². The molecule has 0 saturated heterocycles. The molecule has 0 saturated carbocycles. The third kappa shape index (κ3) is 7.80. The summed E-state index contributed by atoms with van der Waals surface area (Å²) in [6.45, 7) is 2.54. The van der Waals surface area contributed by atoms with Crippen molar-refractivity contribution < 1.29 is 13.2 Å². The summed E-state index contributed by atoms with van der Waals surface area (Å²) in [6.07, 6.45) is 1.98. The Balaban J connectivity index is 1.64. The second-order valence-electron chi connectivity index (χ2n) is 6.13. The molecule has 0 fully saturated rings. The lowest BCUT2D eigenvalue weighted by Crippen LogP contribution is -2.39. The third-order valence-electron chi connectivity index (χ3n) is 3.93. The highest BCUT2D eigenvalue weighted by atomic mass is 32.2. The molecule has 0 aliphatic rings. The van der Waals surface area contributed by atoms with Crippen LogP contribution in [0.5, 0.6) is 0 Å². The van der Waals surface area contributed by atoms with Crippen molar-refractivity contribution in [1.82, 2.24) is 10.6 Å². The van der Waals surface area contributed by atoms with E-state index in [4.69, 9.17) is 4.74 Å². The van der Waals surface area contributed by atoms with Gasteiger partial charge in [-0.05, 0) is 29.7 Å². The zero-order valence-electron chi connectivity index (χ0n) is 15.8. The van der Waals surface area contributed by atoms with Crippen molar-refractivity contribution in [3.05, 3.63) is 65.7 Å². The predicted octanol–water partition coefficient (Wildman–Crippen LogP) is 2.01. The van der Waals surface area contributed by atoms with E-state index in [0.29, 0.717) is 37.2 Å². The van der Waals surface area contributed by atoms with Gasteiger partial charge in [-0.25, -0.2) is 8.42 Å². The fourth-order valence-electron chi connectivity index (χ4n) is 2.46. The lowest BCUT2D eigenvalue weighted by molar-refractivity contribution is 0.125. The van der Waals surface area contributed by atoms with Gasteiger partial charge in [0.15, 0.2) is 15.8 Å². The summed E-state index contributed by atoms with van der Waals surface area (Å²) >= 11 is 0. The van der Waals surface area contributed by atoms with Crippen LogP contribution in [-0.2, 0) is 27.6 Å². The number of benzene rings is 2. The zero-order chi connectivity index (χ0) is 19.5. The molecule has 0 unspecified atom stereocenters. The molecule has 0 atom stereocenters. The SMILES string of the molecule is CN=C(NCCOCc1ccccc1)NCCc1ccc(S(C)(=O)=O)cc1. The van der Waals surface area contributed by atoms with Gasteiger partial charge >= 0.3 is 0 Å². The first-order valence-corrected chi connectivity index (χ1v) is 10.7. The molecular formula is C20H27N3O3S. The lowest BCUT2D eigenvalue weighted by Gasteiger charge is -2.12. The first kappa shape index (κ1) is 20.9. The molecule has 0 bridgehead atoms. The van der Waals surface area contributed by atoms with Crippen LogP contribution < -0.4 is 10.6 Å². The Hall–Kier alpha value is -2.38. The Bertz CT molecular complexity index is 819. The van der Waals surface area contributed by atoms with E-state index in [9.17, 15) is 8.42 Å². The Morgan fingerprint density at radius 1 is 0.963 bits per heavy atom. The maximum absolute atomic E-state index is 11.5. The highest BCUT2D eigenvalue weighted by Crippen LogP contribution is 2.10. The van der Waals surface area contributed by atoms with Gasteiger partial charge in [-0.2, -0.15) is 0 Å². The lowest BCUT2D eigenvalue weighted by atomic mass is 10.1. The second-order valence-corrected chi connectivity index (χ2v) is 8.15. The number of nitrogens with one attached hydrogen (secondary N) is 2. The van der Waals surface area contributed by atoms with Crippen molar-refractivity contribution in [2.24, 2.45) is 4.99 Å². The summed E-state index contributed by atoms with van der Waals surface area (Å²) in [5.74, 6) is 0.714. The van der Waals surface area contributed by atoms with Gasteiger partial charge < -0.3 is 15.4 Å². The standard InChI is InChI=1S/C20H27N3O3S/c1-21-20(23-14-15-26-16-18-6-4-3-5-7-18)22-13-12-17-8-10-19(11-9-17)27(2,24)25/h3-11H,12-16H2,1-2H3,(H2,21,22,23). The largest absolute Gasteiger partial charge is 0.375 e. The first-order chi connectivity index (χ1) is 13.0. The van der Waals surface area contributed by atoms with E-state index < -0.39 is 9.84 Å². The zero-order valence-corrected chi connectivity index (χ0v) is 16.6. The van der Waals surface area contributed by atoms with Crippen LogP contribution >= 0.6 is 0 Å². The number of nitrogens with zero attached hydrogens (tertiary/aromatic N) is 1. The molecule has 0 amide bonds. The smallest absolute Gasteiger partial charge is 0.191 e. The van der Waals surface area contributed by atoms with Crippen LogP contribution in [0.2, 0.25) is 0 Å². The summed E-state index contributed by atoms with van der Waals surface area (Å²) in [7, 11) is -1.42. The molecule has 7 heteroatoms. The van der Waals surface area contributed by atoms with E-state index in [-0.39, 0.29) is 0 Å². The van der Waals surface area contributed by atoms with Gasteiger partial charge in [0, 0.05) is 26.4 Å². The summed E-state index contributed by atoms with van der Waals surface area (Å²) in [5.41, 5.74) is 2.22. The molecule has 2 aromatic rings. The Morgan fingerprint density at radius 2 is 1.63 bits per heavy atom. The molecule has 2 N–H and O–H groups in total. The minimum atomic E-state index is -3.15. The van der Waals surface area contributed by atoms with Crippen LogP contribution in [0.3, 0.4) is 0 Å². The minimum absolute atomic E-state index is 0.340. The molecule has 146 valence electrons. The maximum Gasteiger partial charge on any atom is 0.191 e. The number of guanidine groups is 1. The van der Waals surface area contributed by atoms with Crippen LogP contribution in [0.15, 0.2) is 64.5 Å². The van der Waals surface area contributed by atoms with Gasteiger partial charge in [0.1, 0.15) is 0 Å². The summed E-state index contributed by atoms with van der Waals surface area (Å²) in [5, 5.41) is 6.44. The van der Waals surface area contributed by atoms with Crippen LogP contribution in [0.4, 0.5) is 0 Å². The highest BCUT2D eigenvalue weighted by Gasteiger charge is 2.06. The first-order valence-electron chi connectivity index (χ1n) is 8.84. The Labute approximate surface area is 161 Å². The number of ether oxygens (including phenoxy) is 1. The molecule has 0 aromatic heterocycles. The van der Waals surface area contributed by atoms with E-state index in [2.05, 4.69) is 15.6 Å². The number of rotatable bonds is 9. The van der Waals surface area contributed by atoms with Gasteiger partial charge in [0.2, 0.25) is 0 Å². The molecule has 0 aliphatic heterocycles. The van der Waals surface area contributed by atoms with Crippen LogP contribution in [0.1, 0.15) is 11.1 Å². The number of sulfone groups is 1. The quantitative estimate of drug-likeness (QED) is 0.390. The van der Waals surface area contributed by atoms with Crippen molar-refractivity contribution in [3.8, 4) is 0 Å². The molecular weight excluding hydrogens is 362 g/mol. The monoisotopic (exact) mass is 389 g/mol. The molecule has 2 rings (SSSR count). The Kier molecular flexibility index (Phi) is 8.29. The van der Waals surface area contributed by atoms with E-state index in [1.54, 1.807) is 19.2 Å². The fourth-order valence-corrected chi connectivity index (χ4v) is 3.09. The van der Waals surface area contributed by atoms with E-state index in [1.165, 1.54) is 6.26 Å². The summed E-state index contributed by atoms with van der Waals surface area (Å²) < 4.78 is 28.6. The predicted molar refractivity (Wildman–Crippen MR) is 109 cm³/mol. The highest BCUT2D eigenvalue weighted by molar-refractivity contribution is 7.90. The summed E-state index contributed by atoms with van der Waals surface area (Å²) in [6, 6.07) is 17.0. The average molecular weight is 390 g/mol. The van der Waals surface area contributed by atoms with Gasteiger partial charge in [0.25, 0.3) is 0 Å². The van der Waals surface area contributed by atoms with Gasteiger partial charge in [-0.1, -0.05) is 42.5 Å². The van der Waals surface area contributed by atoms with E-state index >= 15 is 0 Å². The molecule has 0 spiro atoms. The van der Waals surface area contributed by atoms with Crippen molar-refractivity contribution in [2.45, 2.75) is 17.9 Å². The molecule has 27 heavy (non-hydrogen) atoms. The van der Waals surface area contributed by atoms with Crippen molar-refractivity contribution in [2.75, 3.05) is 33.0 Å². The third-order valence-corrected chi connectivity index (χ3v) is 5.06. The number of hydrogen-bond acceptors (Lipinski definition) is 4. The normalized spacial score (nSPS) is 12.0. The maximum atomic E-state index is 11.5. The second kappa shape index (κ2) is 10.7. The van der Waals surface area contributed by atoms with Gasteiger partial charge in [-0.15, -0.1) is 0 Å². The van der Waals surface area contributed by atoms with Crippen LogP contribution in [0, 0.1) is 0 Å². The average Bonchev–Trinajstić information content (AvgIpc) is 2.67. The topological polar surface area (TPSA) is 79.8 Å². The van der Waals surface area contributed by atoms with Crippen molar-refractivity contribution in [1.29, 1.82) is 0 Å². The van der Waals surface area contributed by atoms with Crippen LogP contribution in [0.25, 0.3) is 0 Å². The van der Waals surface area contributed by atoms with E-state index in [1.807, 2.05) is 42.5 Å². The molecule has 0 heterocycles. The number of hydrogen-bond donors (Lipinski definition) is 2. The van der Waals surface area contributed by atoms with Crippen molar-refractivity contribution in [3.63, 3.8) is 0 Å². The van der Waals surface area contributed by atoms with E-state index in [0.717, 1.165) is 17.5 Å². The fraction of sp³-hybridized carbons (Fsp3) is 0.350. The minimum Gasteiger partial charge on any atom is -0.375 e. The van der Waals surface area contributed by atoms with Crippen molar-refractivity contribution >= 4 is 15.8 Å². The molecule has 6 nitrogen and oxygen atoms in total. The van der Waals surface area contributed by atoms with Crippen LogP contribution in [-0.4, -0.2) is 47.4 Å². The molecule has 0 radical (unpaired) electrons. The number of aliphatic imine (C=N–C) groups is 1. The molecule has 2 aromatic carbocycles. The molecule has 0 aliphatic carbocycles.